The highest BCUT2D eigenvalue weighted by molar-refractivity contribution is 7.22. The van der Waals surface area contributed by atoms with Crippen LogP contribution in [0.1, 0.15) is 5.56 Å². The molecule has 0 saturated carbocycles. The molecule has 150 valence electrons. The van der Waals surface area contributed by atoms with Gasteiger partial charge in [-0.3, -0.25) is 14.9 Å². The molecule has 4 aromatic rings. The highest BCUT2D eigenvalue weighted by Crippen LogP contribution is 2.25. The van der Waals surface area contributed by atoms with Crippen molar-refractivity contribution in [3.05, 3.63) is 65.3 Å². The summed E-state index contributed by atoms with van der Waals surface area (Å²) in [5, 5.41) is 18.4. The highest BCUT2D eigenvalue weighted by atomic mass is 32.1. The lowest BCUT2D eigenvalue weighted by Crippen LogP contribution is -2.50. The number of nitrogens with one attached hydrogen (secondary N) is 2. The Morgan fingerprint density at radius 3 is 2.73 bits per heavy atom. The molecule has 0 bridgehead atoms. The van der Waals surface area contributed by atoms with Crippen molar-refractivity contribution in [1.82, 2.24) is 10.3 Å². The number of nitrogens with zero attached hydrogens (tertiary/aromatic N) is 2. The maximum atomic E-state index is 12.4. The second-order valence-corrected chi connectivity index (χ2v) is 7.53. The Hall–Kier alpha value is -3.57. The van der Waals surface area contributed by atoms with Crippen LogP contribution in [-0.4, -0.2) is 34.8 Å². The number of anilines is 1. The van der Waals surface area contributed by atoms with Gasteiger partial charge in [-0.25, -0.2) is 4.98 Å². The van der Waals surface area contributed by atoms with Gasteiger partial charge in [0.05, 0.1) is 22.4 Å². The van der Waals surface area contributed by atoms with E-state index in [0.29, 0.717) is 16.7 Å². The van der Waals surface area contributed by atoms with Crippen LogP contribution < -0.4 is 10.6 Å². The second-order valence-electron chi connectivity index (χ2n) is 6.50. The number of benzene rings is 2. The number of fused-ring (bicyclic) bond motifs is 2. The Labute approximate surface area is 174 Å². The number of para-hydroxylation sites is 2. The van der Waals surface area contributed by atoms with Gasteiger partial charge in [0, 0.05) is 5.39 Å². The highest BCUT2D eigenvalue weighted by Gasteiger charge is 2.32. The summed E-state index contributed by atoms with van der Waals surface area (Å²) in [6.07, 6.45) is 1.52. The van der Waals surface area contributed by atoms with Crippen molar-refractivity contribution in [3.63, 3.8) is 0 Å². The number of carbonyl (C=O) groups excluding carboxylic acids is 2. The summed E-state index contributed by atoms with van der Waals surface area (Å²) in [5.74, 6) is -3.10. The molecule has 0 spiro atoms. The van der Waals surface area contributed by atoms with Crippen molar-refractivity contribution in [2.75, 3.05) is 5.32 Å². The zero-order chi connectivity index (χ0) is 21.1. The lowest BCUT2D eigenvalue weighted by Gasteiger charge is -2.16. The number of hydrogen-bond donors (Lipinski definition) is 3. The number of nitroso groups, excluding NO2 is 1. The summed E-state index contributed by atoms with van der Waals surface area (Å²) in [5.41, 5.74) is 1.98. The van der Waals surface area contributed by atoms with Crippen LogP contribution in [0.2, 0.25) is 0 Å². The molecule has 1 atom stereocenters. The molecule has 0 saturated heterocycles. The average Bonchev–Trinajstić information content (AvgIpc) is 3.36. The monoisotopic (exact) mass is 422 g/mol. The van der Waals surface area contributed by atoms with E-state index in [1.54, 1.807) is 12.1 Å². The van der Waals surface area contributed by atoms with E-state index in [-0.39, 0.29) is 11.6 Å². The molecule has 30 heavy (non-hydrogen) atoms. The van der Waals surface area contributed by atoms with Crippen LogP contribution in [0.3, 0.4) is 0 Å². The first kappa shape index (κ1) is 19.7. The van der Waals surface area contributed by atoms with E-state index in [4.69, 9.17) is 4.42 Å². The van der Waals surface area contributed by atoms with Crippen LogP contribution in [0.15, 0.2) is 64.3 Å². The molecular formula is C19H15BN4O5S. The summed E-state index contributed by atoms with van der Waals surface area (Å²) < 4.78 is 6.29. The largest absolute Gasteiger partial charge is 0.506 e. The van der Waals surface area contributed by atoms with Crippen molar-refractivity contribution >= 4 is 56.5 Å². The summed E-state index contributed by atoms with van der Waals surface area (Å²) in [6, 6.07) is 14.5. The number of aromatic nitrogens is 1. The van der Waals surface area contributed by atoms with Crippen molar-refractivity contribution in [3.8, 4) is 0 Å². The zero-order valence-electron chi connectivity index (χ0n) is 15.4. The predicted molar refractivity (Wildman–Crippen MR) is 114 cm³/mol. The van der Waals surface area contributed by atoms with Crippen molar-refractivity contribution < 1.29 is 19.0 Å². The SMILES string of the molecule is O=NB(O)C(Cc1coc2ccccc12)NC(=O)C(=O)Nc1nc2ccccc2s1. The van der Waals surface area contributed by atoms with Crippen LogP contribution in [0.5, 0.6) is 0 Å². The maximum Gasteiger partial charge on any atom is 0.506 e. The van der Waals surface area contributed by atoms with Gasteiger partial charge in [0.1, 0.15) is 5.58 Å². The minimum atomic E-state index is -1.74. The molecule has 0 aliphatic rings. The molecule has 11 heteroatoms. The van der Waals surface area contributed by atoms with E-state index in [9.17, 15) is 19.5 Å². The molecule has 3 N–H and O–H groups in total. The molecule has 2 amide bonds. The van der Waals surface area contributed by atoms with Crippen LogP contribution in [0.25, 0.3) is 21.2 Å². The molecule has 0 aliphatic heterocycles. The standard InChI is InChI=1S/C19H15BN4O5S/c25-17(18(26)23-19-21-13-6-2-4-8-15(13)30-19)22-16(20(27)24-28)9-11-10-29-14-7-3-1-5-12(11)14/h1-8,10,16,27H,9H2,(H,22,25)(H,21,23,26). The zero-order valence-corrected chi connectivity index (χ0v) is 16.3. The first-order valence-electron chi connectivity index (χ1n) is 8.98. The van der Waals surface area contributed by atoms with Gasteiger partial charge in [0.2, 0.25) is 0 Å². The molecular weight excluding hydrogens is 407 g/mol. The molecule has 0 fully saturated rings. The summed E-state index contributed by atoms with van der Waals surface area (Å²) >= 11 is 1.22. The number of rotatable bonds is 6. The Morgan fingerprint density at radius 2 is 1.93 bits per heavy atom. The van der Waals surface area contributed by atoms with E-state index in [2.05, 4.69) is 20.7 Å². The van der Waals surface area contributed by atoms with Gasteiger partial charge in [-0.1, -0.05) is 46.8 Å². The molecule has 4 rings (SSSR count). The lowest BCUT2D eigenvalue weighted by atomic mass is 9.72. The third kappa shape index (κ3) is 4.07. The van der Waals surface area contributed by atoms with Crippen molar-refractivity contribution in [2.45, 2.75) is 12.4 Å². The minimum Gasteiger partial charge on any atom is -0.464 e. The van der Waals surface area contributed by atoms with Gasteiger partial charge in [0.25, 0.3) is 0 Å². The summed E-state index contributed by atoms with van der Waals surface area (Å²) in [4.78, 5) is 39.8. The number of carbonyl (C=O) groups is 2. The number of furan rings is 1. The quantitative estimate of drug-likeness (QED) is 0.248. The fraction of sp³-hybridized carbons (Fsp3) is 0.105. The lowest BCUT2D eigenvalue weighted by molar-refractivity contribution is -0.136. The van der Waals surface area contributed by atoms with E-state index < -0.39 is 24.8 Å². The Morgan fingerprint density at radius 1 is 1.17 bits per heavy atom. The van der Waals surface area contributed by atoms with E-state index >= 15 is 0 Å². The predicted octanol–water partition coefficient (Wildman–Crippen LogP) is 2.49. The van der Waals surface area contributed by atoms with Crippen LogP contribution >= 0.6 is 11.3 Å². The van der Waals surface area contributed by atoms with Gasteiger partial charge < -0.3 is 14.8 Å². The minimum absolute atomic E-state index is 0.0457. The molecule has 2 aromatic heterocycles. The van der Waals surface area contributed by atoms with Gasteiger partial charge >= 0.3 is 18.9 Å². The van der Waals surface area contributed by atoms with Gasteiger partial charge in [-0.15, -0.1) is 0 Å². The van der Waals surface area contributed by atoms with Gasteiger partial charge in [-0.2, -0.15) is 4.91 Å². The molecule has 9 nitrogen and oxygen atoms in total. The average molecular weight is 422 g/mol. The Bertz CT molecular complexity index is 1210. The maximum absolute atomic E-state index is 12.4. The Balaban J connectivity index is 1.47. The van der Waals surface area contributed by atoms with E-state index in [1.165, 1.54) is 17.6 Å². The second kappa shape index (κ2) is 8.43. The first-order chi connectivity index (χ1) is 14.5. The third-order valence-corrected chi connectivity index (χ3v) is 5.46. The number of hydrogen-bond acceptors (Lipinski definition) is 8. The first-order valence-corrected chi connectivity index (χ1v) is 9.80. The van der Waals surface area contributed by atoms with Crippen molar-refractivity contribution in [2.24, 2.45) is 5.09 Å². The van der Waals surface area contributed by atoms with Gasteiger partial charge in [-0.05, 0) is 30.2 Å². The third-order valence-electron chi connectivity index (χ3n) is 4.51. The summed E-state index contributed by atoms with van der Waals surface area (Å²) in [7, 11) is -1.74. The molecule has 0 aliphatic carbocycles. The smallest absolute Gasteiger partial charge is 0.464 e. The van der Waals surface area contributed by atoms with Crippen LogP contribution in [0, 0.1) is 4.91 Å². The summed E-state index contributed by atoms with van der Waals surface area (Å²) in [6.45, 7) is 0. The van der Waals surface area contributed by atoms with Crippen LogP contribution in [-0.2, 0) is 16.0 Å². The fourth-order valence-corrected chi connectivity index (χ4v) is 3.91. The van der Waals surface area contributed by atoms with E-state index in [1.807, 2.05) is 36.4 Å². The van der Waals surface area contributed by atoms with Gasteiger partial charge in [0.15, 0.2) is 5.13 Å². The molecule has 2 heterocycles. The van der Waals surface area contributed by atoms with Crippen LogP contribution in [0.4, 0.5) is 5.13 Å². The topological polar surface area (TPSA) is 134 Å². The fourth-order valence-electron chi connectivity index (χ4n) is 3.05. The number of amides is 2. The normalized spacial score (nSPS) is 11.9. The van der Waals surface area contributed by atoms with E-state index in [0.717, 1.165) is 10.1 Å². The molecule has 0 radical (unpaired) electrons. The molecule has 1 unspecified atom stereocenters. The van der Waals surface area contributed by atoms with Crippen molar-refractivity contribution in [1.29, 1.82) is 0 Å². The Kier molecular flexibility index (Phi) is 5.55. The number of thiazole rings is 1. The molecule has 2 aromatic carbocycles.